The minimum absolute atomic E-state index is 0.238. The van der Waals surface area contributed by atoms with Crippen LogP contribution in [0.5, 0.6) is 0 Å². The Balaban J connectivity index is 1.89. The first-order valence-electron chi connectivity index (χ1n) is 6.85. The Bertz CT molecular complexity index is 893. The molecule has 2 aromatic rings. The maximum absolute atomic E-state index is 12.3. The highest BCUT2D eigenvalue weighted by Crippen LogP contribution is 2.23. The summed E-state index contributed by atoms with van der Waals surface area (Å²) in [6, 6.07) is 11.3. The van der Waals surface area contributed by atoms with Gasteiger partial charge in [0, 0.05) is 23.9 Å². The molecule has 0 bridgehead atoms. The molecule has 3 rings (SSSR count). The van der Waals surface area contributed by atoms with Gasteiger partial charge in [0.15, 0.2) is 0 Å². The number of hydrogen-bond acceptors (Lipinski definition) is 3. The number of amides is 3. The molecule has 0 saturated carbocycles. The van der Waals surface area contributed by atoms with Crippen LogP contribution in [0.3, 0.4) is 0 Å². The fourth-order valence-corrected chi connectivity index (χ4v) is 2.39. The lowest BCUT2D eigenvalue weighted by molar-refractivity contribution is 0.0693. The first-order chi connectivity index (χ1) is 11.0. The van der Waals surface area contributed by atoms with Gasteiger partial charge in [-0.25, -0.2) is 0 Å². The number of hydrogen-bond donors (Lipinski definition) is 1. The van der Waals surface area contributed by atoms with E-state index < -0.39 is 5.91 Å². The lowest BCUT2D eigenvalue weighted by Gasteiger charge is -2.06. The molecule has 5 heteroatoms. The van der Waals surface area contributed by atoms with Crippen LogP contribution in [0, 0.1) is 12.3 Å². The monoisotopic (exact) mass is 304 g/mol. The zero-order valence-corrected chi connectivity index (χ0v) is 12.3. The quantitative estimate of drug-likeness (QED) is 0.683. The van der Waals surface area contributed by atoms with Gasteiger partial charge >= 0.3 is 0 Å². The van der Waals surface area contributed by atoms with Gasteiger partial charge in [-0.1, -0.05) is 12.0 Å². The van der Waals surface area contributed by atoms with Gasteiger partial charge < -0.3 is 5.32 Å². The predicted molar refractivity (Wildman–Crippen MR) is 85.2 cm³/mol. The summed E-state index contributed by atoms with van der Waals surface area (Å²) >= 11 is 0. The van der Waals surface area contributed by atoms with E-state index in [9.17, 15) is 14.4 Å². The molecular weight excluding hydrogens is 292 g/mol. The maximum Gasteiger partial charge on any atom is 0.261 e. The van der Waals surface area contributed by atoms with E-state index in [1.54, 1.807) is 24.3 Å². The van der Waals surface area contributed by atoms with Crippen molar-refractivity contribution in [2.24, 2.45) is 0 Å². The highest BCUT2D eigenvalue weighted by molar-refractivity contribution is 6.22. The molecule has 1 aliphatic rings. The standard InChI is InChI=1S/C18H12N2O3/c1-3-11-5-4-6-13(9-11)19-16(21)12-7-8-14-15(10-12)18(23)20(2)17(14)22/h1,4-10H,2H3,(H,19,21). The molecule has 1 N–H and O–H groups in total. The number of rotatable bonds is 2. The molecule has 3 amide bonds. The minimum Gasteiger partial charge on any atom is -0.322 e. The summed E-state index contributed by atoms with van der Waals surface area (Å²) in [5.74, 6) is 1.34. The molecule has 0 aliphatic carbocycles. The number of nitrogens with zero attached hydrogens (tertiary/aromatic N) is 1. The highest BCUT2D eigenvalue weighted by Gasteiger charge is 2.33. The molecule has 1 aliphatic heterocycles. The smallest absolute Gasteiger partial charge is 0.261 e. The van der Waals surface area contributed by atoms with E-state index in [2.05, 4.69) is 11.2 Å². The van der Waals surface area contributed by atoms with Crippen LogP contribution in [0.1, 0.15) is 36.6 Å². The third kappa shape index (κ3) is 2.47. The Morgan fingerprint density at radius 3 is 2.57 bits per heavy atom. The van der Waals surface area contributed by atoms with E-state index in [-0.39, 0.29) is 17.4 Å². The third-order valence-electron chi connectivity index (χ3n) is 3.64. The molecule has 112 valence electrons. The summed E-state index contributed by atoms with van der Waals surface area (Å²) in [7, 11) is 1.41. The van der Waals surface area contributed by atoms with E-state index in [4.69, 9.17) is 6.42 Å². The van der Waals surface area contributed by atoms with Gasteiger partial charge in [-0.15, -0.1) is 6.42 Å². The van der Waals surface area contributed by atoms with Crippen LogP contribution in [0.2, 0.25) is 0 Å². The maximum atomic E-state index is 12.3. The first-order valence-corrected chi connectivity index (χ1v) is 6.85. The van der Waals surface area contributed by atoms with Crippen molar-refractivity contribution in [2.45, 2.75) is 0 Å². The summed E-state index contributed by atoms with van der Waals surface area (Å²) in [6.07, 6.45) is 5.33. The molecule has 23 heavy (non-hydrogen) atoms. The molecule has 0 atom stereocenters. The van der Waals surface area contributed by atoms with Crippen molar-refractivity contribution in [3.63, 3.8) is 0 Å². The van der Waals surface area contributed by atoms with E-state index in [1.807, 2.05) is 0 Å². The Morgan fingerprint density at radius 1 is 1.09 bits per heavy atom. The Hall–Kier alpha value is -3.39. The van der Waals surface area contributed by atoms with Crippen molar-refractivity contribution in [3.05, 3.63) is 64.7 Å². The molecule has 5 nitrogen and oxygen atoms in total. The van der Waals surface area contributed by atoms with Crippen LogP contribution in [-0.2, 0) is 0 Å². The van der Waals surface area contributed by atoms with Crippen LogP contribution in [0.25, 0.3) is 0 Å². The summed E-state index contributed by atoms with van der Waals surface area (Å²) in [5.41, 5.74) is 2.06. The van der Waals surface area contributed by atoms with Crippen molar-refractivity contribution >= 4 is 23.4 Å². The van der Waals surface area contributed by atoms with Crippen molar-refractivity contribution in [1.29, 1.82) is 0 Å². The minimum atomic E-state index is -0.408. The number of benzene rings is 2. The summed E-state index contributed by atoms with van der Waals surface area (Å²) in [6.45, 7) is 0. The lowest BCUT2D eigenvalue weighted by atomic mass is 10.1. The van der Waals surface area contributed by atoms with Gasteiger partial charge in [-0.3, -0.25) is 19.3 Å². The SMILES string of the molecule is C#Cc1cccc(NC(=O)c2ccc3c(c2)C(=O)N(C)C3=O)c1. The first kappa shape index (κ1) is 14.5. The normalized spacial score (nSPS) is 12.8. The van der Waals surface area contributed by atoms with E-state index in [0.29, 0.717) is 22.4 Å². The number of fused-ring (bicyclic) bond motifs is 1. The number of terminal acetylenes is 1. The summed E-state index contributed by atoms with van der Waals surface area (Å²) in [4.78, 5) is 37.2. The van der Waals surface area contributed by atoms with Crippen LogP contribution >= 0.6 is 0 Å². The molecular formula is C18H12N2O3. The van der Waals surface area contributed by atoms with Gasteiger partial charge in [0.1, 0.15) is 0 Å². The number of carbonyl (C=O) groups is 3. The Labute approximate surface area is 132 Å². The van der Waals surface area contributed by atoms with Crippen LogP contribution in [-0.4, -0.2) is 29.7 Å². The second-order valence-electron chi connectivity index (χ2n) is 5.11. The van der Waals surface area contributed by atoms with Crippen LogP contribution in [0.15, 0.2) is 42.5 Å². The van der Waals surface area contributed by atoms with Gasteiger partial charge in [0.25, 0.3) is 17.7 Å². The fourth-order valence-electron chi connectivity index (χ4n) is 2.39. The van der Waals surface area contributed by atoms with Crippen molar-refractivity contribution in [2.75, 3.05) is 12.4 Å². The molecule has 1 heterocycles. The second-order valence-corrected chi connectivity index (χ2v) is 5.11. The molecule has 0 saturated heterocycles. The highest BCUT2D eigenvalue weighted by atomic mass is 16.2. The van der Waals surface area contributed by atoms with Crippen LogP contribution < -0.4 is 5.32 Å². The van der Waals surface area contributed by atoms with E-state index in [0.717, 1.165) is 4.90 Å². The van der Waals surface area contributed by atoms with Crippen molar-refractivity contribution in [1.82, 2.24) is 4.90 Å². The Morgan fingerprint density at radius 2 is 1.83 bits per heavy atom. The van der Waals surface area contributed by atoms with Crippen molar-refractivity contribution in [3.8, 4) is 12.3 Å². The molecule has 0 spiro atoms. The van der Waals surface area contributed by atoms with Crippen molar-refractivity contribution < 1.29 is 14.4 Å². The Kier molecular flexibility index (Phi) is 3.43. The average Bonchev–Trinajstić information content (AvgIpc) is 2.79. The zero-order chi connectivity index (χ0) is 16.6. The zero-order valence-electron chi connectivity index (χ0n) is 12.3. The summed E-state index contributed by atoms with van der Waals surface area (Å²) < 4.78 is 0. The molecule has 0 radical (unpaired) electrons. The fraction of sp³-hybridized carbons (Fsp3) is 0.0556. The van der Waals surface area contributed by atoms with Crippen LogP contribution in [0.4, 0.5) is 5.69 Å². The van der Waals surface area contributed by atoms with E-state index >= 15 is 0 Å². The average molecular weight is 304 g/mol. The summed E-state index contributed by atoms with van der Waals surface area (Å²) in [5, 5.41) is 2.72. The van der Waals surface area contributed by atoms with Gasteiger partial charge in [-0.05, 0) is 36.4 Å². The lowest BCUT2D eigenvalue weighted by Crippen LogP contribution is -2.24. The molecule has 0 aromatic heterocycles. The number of anilines is 1. The second kappa shape index (κ2) is 5.43. The van der Waals surface area contributed by atoms with Gasteiger partial charge in [0.05, 0.1) is 11.1 Å². The largest absolute Gasteiger partial charge is 0.322 e. The molecule has 2 aromatic carbocycles. The molecule has 0 unspecified atom stereocenters. The topological polar surface area (TPSA) is 66.5 Å². The number of carbonyl (C=O) groups excluding carboxylic acids is 3. The van der Waals surface area contributed by atoms with Gasteiger partial charge in [0.2, 0.25) is 0 Å². The molecule has 0 fully saturated rings. The van der Waals surface area contributed by atoms with E-state index in [1.165, 1.54) is 25.2 Å². The third-order valence-corrected chi connectivity index (χ3v) is 3.64. The van der Waals surface area contributed by atoms with Gasteiger partial charge in [-0.2, -0.15) is 0 Å². The number of nitrogens with one attached hydrogen (secondary N) is 1. The number of imide groups is 1. The predicted octanol–water partition coefficient (Wildman–Crippen LogP) is 2.15.